The Bertz CT molecular complexity index is 805. The van der Waals surface area contributed by atoms with Crippen LogP contribution in [0.2, 0.25) is 0 Å². The van der Waals surface area contributed by atoms with Crippen molar-refractivity contribution >= 4 is 17.3 Å². The molecule has 5 heteroatoms. The quantitative estimate of drug-likeness (QED) is 0.938. The summed E-state index contributed by atoms with van der Waals surface area (Å²) in [5.41, 5.74) is 5.07. The Labute approximate surface area is 141 Å². The van der Waals surface area contributed by atoms with E-state index in [4.69, 9.17) is 0 Å². The molecule has 0 radical (unpaired) electrons. The molecule has 2 aromatic rings. The lowest BCUT2D eigenvalue weighted by Crippen LogP contribution is -2.23. The van der Waals surface area contributed by atoms with Gasteiger partial charge in [-0.25, -0.2) is 0 Å². The Morgan fingerprint density at radius 1 is 1.29 bits per heavy atom. The maximum Gasteiger partial charge on any atom is 0.227 e. The number of pyridine rings is 1. The summed E-state index contributed by atoms with van der Waals surface area (Å²) in [6.07, 6.45) is 1.57. The number of nitrogens with one attached hydrogen (secondary N) is 1. The van der Waals surface area contributed by atoms with Crippen molar-refractivity contribution in [3.05, 3.63) is 52.8 Å². The van der Waals surface area contributed by atoms with Gasteiger partial charge in [0.25, 0.3) is 0 Å². The maximum atomic E-state index is 11.8. The number of amides is 1. The van der Waals surface area contributed by atoms with E-state index in [0.29, 0.717) is 18.5 Å². The number of nitrogens with zero attached hydrogens (tertiary/aromatic N) is 3. The van der Waals surface area contributed by atoms with Crippen LogP contribution in [0.1, 0.15) is 35.4 Å². The lowest BCUT2D eigenvalue weighted by Gasteiger charge is -2.16. The minimum Gasteiger partial charge on any atom is -0.380 e. The standard InChI is InChI=1S/C19H20N4O/c1-13-10-18(17(11-20)14(2)22-13)21-12-15-5-7-16(8-6-15)23-9-3-4-19(23)24/h5-8,10H,3-4,9,12H2,1-2H3,(H,21,22). The normalized spacial score (nSPS) is 13.9. The predicted octanol–water partition coefficient (Wildman–Crippen LogP) is 3.31. The highest BCUT2D eigenvalue weighted by Crippen LogP contribution is 2.23. The Kier molecular flexibility index (Phi) is 4.48. The molecule has 1 aromatic carbocycles. The molecular formula is C19H20N4O. The lowest BCUT2D eigenvalue weighted by atomic mass is 10.1. The van der Waals surface area contributed by atoms with Gasteiger partial charge in [-0.2, -0.15) is 5.26 Å². The molecule has 1 saturated heterocycles. The van der Waals surface area contributed by atoms with Gasteiger partial charge in [0, 0.05) is 30.9 Å². The van der Waals surface area contributed by atoms with Gasteiger partial charge in [-0.3, -0.25) is 9.78 Å². The average molecular weight is 320 g/mol. The third-order valence-electron chi connectivity index (χ3n) is 4.24. The maximum absolute atomic E-state index is 11.8. The van der Waals surface area contributed by atoms with Crippen LogP contribution in [0, 0.1) is 25.2 Å². The average Bonchev–Trinajstić information content (AvgIpc) is 2.99. The summed E-state index contributed by atoms with van der Waals surface area (Å²) >= 11 is 0. The lowest BCUT2D eigenvalue weighted by molar-refractivity contribution is -0.117. The molecule has 0 unspecified atom stereocenters. The number of carbonyl (C=O) groups is 1. The van der Waals surface area contributed by atoms with Crippen molar-refractivity contribution < 1.29 is 4.79 Å². The number of aromatic nitrogens is 1. The zero-order valence-electron chi connectivity index (χ0n) is 14.0. The summed E-state index contributed by atoms with van der Waals surface area (Å²) in [6.45, 7) is 5.18. The molecule has 24 heavy (non-hydrogen) atoms. The van der Waals surface area contributed by atoms with Gasteiger partial charge < -0.3 is 10.2 Å². The highest BCUT2D eigenvalue weighted by Gasteiger charge is 2.21. The van der Waals surface area contributed by atoms with Gasteiger partial charge in [-0.05, 0) is 44.0 Å². The largest absolute Gasteiger partial charge is 0.380 e. The number of aryl methyl sites for hydroxylation is 2. The van der Waals surface area contributed by atoms with E-state index in [-0.39, 0.29) is 5.91 Å². The van der Waals surface area contributed by atoms with Crippen LogP contribution in [0.3, 0.4) is 0 Å². The molecule has 0 atom stereocenters. The van der Waals surface area contributed by atoms with Gasteiger partial charge in [0.15, 0.2) is 0 Å². The summed E-state index contributed by atoms with van der Waals surface area (Å²) in [4.78, 5) is 17.9. The van der Waals surface area contributed by atoms with Crippen LogP contribution < -0.4 is 10.2 Å². The first-order chi connectivity index (χ1) is 11.6. The molecule has 1 N–H and O–H groups in total. The molecule has 5 nitrogen and oxygen atoms in total. The summed E-state index contributed by atoms with van der Waals surface area (Å²) in [5.74, 6) is 0.197. The first-order valence-electron chi connectivity index (χ1n) is 8.10. The summed E-state index contributed by atoms with van der Waals surface area (Å²) < 4.78 is 0. The number of anilines is 2. The van der Waals surface area contributed by atoms with Crippen molar-refractivity contribution in [3.8, 4) is 6.07 Å². The molecule has 1 aliphatic heterocycles. The third-order valence-corrected chi connectivity index (χ3v) is 4.24. The van der Waals surface area contributed by atoms with Crippen molar-refractivity contribution in [2.24, 2.45) is 0 Å². The minimum atomic E-state index is 0.197. The number of rotatable bonds is 4. The van der Waals surface area contributed by atoms with Gasteiger partial charge in [0.1, 0.15) is 6.07 Å². The van der Waals surface area contributed by atoms with Gasteiger partial charge >= 0.3 is 0 Å². The van der Waals surface area contributed by atoms with E-state index < -0.39 is 0 Å². The molecule has 0 spiro atoms. The smallest absolute Gasteiger partial charge is 0.227 e. The number of benzene rings is 1. The molecule has 1 aliphatic rings. The highest BCUT2D eigenvalue weighted by molar-refractivity contribution is 5.95. The highest BCUT2D eigenvalue weighted by atomic mass is 16.2. The molecule has 0 saturated carbocycles. The zero-order chi connectivity index (χ0) is 17.1. The van der Waals surface area contributed by atoms with Crippen LogP contribution in [0.4, 0.5) is 11.4 Å². The predicted molar refractivity (Wildman–Crippen MR) is 93.8 cm³/mol. The monoisotopic (exact) mass is 320 g/mol. The van der Waals surface area contributed by atoms with Gasteiger partial charge in [0.2, 0.25) is 5.91 Å². The number of hydrogen-bond acceptors (Lipinski definition) is 4. The van der Waals surface area contributed by atoms with Crippen LogP contribution in [-0.2, 0) is 11.3 Å². The van der Waals surface area contributed by atoms with Crippen LogP contribution in [0.5, 0.6) is 0 Å². The van der Waals surface area contributed by atoms with Crippen LogP contribution in [0.25, 0.3) is 0 Å². The minimum absolute atomic E-state index is 0.197. The number of hydrogen-bond donors (Lipinski definition) is 1. The fourth-order valence-corrected chi connectivity index (χ4v) is 3.02. The van der Waals surface area contributed by atoms with Crippen molar-refractivity contribution in [1.29, 1.82) is 5.26 Å². The zero-order valence-corrected chi connectivity index (χ0v) is 14.0. The van der Waals surface area contributed by atoms with E-state index in [1.807, 2.05) is 49.1 Å². The van der Waals surface area contributed by atoms with Gasteiger partial charge in [-0.15, -0.1) is 0 Å². The fraction of sp³-hybridized carbons (Fsp3) is 0.316. The molecule has 1 aromatic heterocycles. The van der Waals surface area contributed by atoms with Crippen molar-refractivity contribution in [2.75, 3.05) is 16.8 Å². The summed E-state index contributed by atoms with van der Waals surface area (Å²) in [7, 11) is 0. The van der Waals surface area contributed by atoms with Crippen LogP contribution in [0.15, 0.2) is 30.3 Å². The molecule has 2 heterocycles. The van der Waals surface area contributed by atoms with E-state index in [9.17, 15) is 10.1 Å². The molecule has 0 bridgehead atoms. The first kappa shape index (κ1) is 16.0. The Morgan fingerprint density at radius 2 is 2.04 bits per heavy atom. The van der Waals surface area contributed by atoms with E-state index in [1.165, 1.54) is 0 Å². The van der Waals surface area contributed by atoms with E-state index in [0.717, 1.165) is 41.3 Å². The van der Waals surface area contributed by atoms with Crippen LogP contribution in [-0.4, -0.2) is 17.4 Å². The Morgan fingerprint density at radius 3 is 2.67 bits per heavy atom. The molecule has 122 valence electrons. The summed E-state index contributed by atoms with van der Waals surface area (Å²) in [5, 5.41) is 12.6. The van der Waals surface area contributed by atoms with E-state index >= 15 is 0 Å². The van der Waals surface area contributed by atoms with Gasteiger partial charge in [-0.1, -0.05) is 12.1 Å². The van der Waals surface area contributed by atoms with E-state index in [2.05, 4.69) is 16.4 Å². The second-order valence-electron chi connectivity index (χ2n) is 6.05. The van der Waals surface area contributed by atoms with Crippen molar-refractivity contribution in [1.82, 2.24) is 4.98 Å². The molecule has 0 aliphatic carbocycles. The molecule has 3 rings (SSSR count). The van der Waals surface area contributed by atoms with Gasteiger partial charge in [0.05, 0.1) is 16.9 Å². The Balaban J connectivity index is 1.72. The second kappa shape index (κ2) is 6.71. The second-order valence-corrected chi connectivity index (χ2v) is 6.05. The summed E-state index contributed by atoms with van der Waals surface area (Å²) in [6, 6.07) is 12.1. The Hall–Kier alpha value is -2.87. The molecule has 1 fully saturated rings. The SMILES string of the molecule is Cc1cc(NCc2ccc(N3CCCC3=O)cc2)c(C#N)c(C)n1. The fourth-order valence-electron chi connectivity index (χ4n) is 3.02. The van der Waals surface area contributed by atoms with E-state index in [1.54, 1.807) is 0 Å². The molecular weight excluding hydrogens is 300 g/mol. The third kappa shape index (κ3) is 3.23. The number of nitriles is 1. The van der Waals surface area contributed by atoms with Crippen molar-refractivity contribution in [2.45, 2.75) is 33.2 Å². The van der Waals surface area contributed by atoms with Crippen molar-refractivity contribution in [3.63, 3.8) is 0 Å². The number of carbonyl (C=O) groups excluding carboxylic acids is 1. The molecule has 1 amide bonds. The van der Waals surface area contributed by atoms with Crippen LogP contribution >= 0.6 is 0 Å². The first-order valence-corrected chi connectivity index (χ1v) is 8.10. The topological polar surface area (TPSA) is 69.0 Å².